The normalized spacial score (nSPS) is 15.4. The van der Waals surface area contributed by atoms with Crippen LogP contribution in [0.15, 0.2) is 48.8 Å². The first-order valence-corrected chi connectivity index (χ1v) is 9.19. The van der Waals surface area contributed by atoms with Crippen LogP contribution in [0.1, 0.15) is 42.5 Å². The van der Waals surface area contributed by atoms with Crippen molar-refractivity contribution in [3.8, 4) is 12.1 Å². The number of rotatable bonds is 5. The van der Waals surface area contributed by atoms with E-state index in [4.69, 9.17) is 0 Å². The minimum absolute atomic E-state index is 0.130. The second kappa shape index (κ2) is 6.83. The zero-order chi connectivity index (χ0) is 19.7. The van der Waals surface area contributed by atoms with Crippen molar-refractivity contribution < 1.29 is 4.79 Å². The average molecular weight is 369 g/mol. The molecule has 1 fully saturated rings. The summed E-state index contributed by atoms with van der Waals surface area (Å²) in [6.45, 7) is 1.94. The molecule has 0 saturated heterocycles. The SMILES string of the molecule is CC(=O)NC(Cn1cnc2cccc(C#N)c21)c1ccc(C2(C#N)CC2)cc1. The van der Waals surface area contributed by atoms with Crippen molar-refractivity contribution in [2.75, 3.05) is 0 Å². The summed E-state index contributed by atoms with van der Waals surface area (Å²) in [7, 11) is 0. The molecule has 138 valence electrons. The van der Waals surface area contributed by atoms with Crippen molar-refractivity contribution in [3.05, 3.63) is 65.5 Å². The number of hydrogen-bond donors (Lipinski definition) is 1. The van der Waals surface area contributed by atoms with E-state index in [0.29, 0.717) is 12.1 Å². The number of hydrogen-bond acceptors (Lipinski definition) is 4. The first-order chi connectivity index (χ1) is 13.6. The van der Waals surface area contributed by atoms with Crippen LogP contribution >= 0.6 is 0 Å². The molecule has 1 aliphatic carbocycles. The second-order valence-corrected chi connectivity index (χ2v) is 7.25. The van der Waals surface area contributed by atoms with Gasteiger partial charge in [-0.2, -0.15) is 10.5 Å². The van der Waals surface area contributed by atoms with Gasteiger partial charge in [0.2, 0.25) is 5.91 Å². The van der Waals surface area contributed by atoms with E-state index >= 15 is 0 Å². The summed E-state index contributed by atoms with van der Waals surface area (Å²) in [5, 5.41) is 21.8. The Hall–Kier alpha value is -3.64. The zero-order valence-corrected chi connectivity index (χ0v) is 15.5. The maximum Gasteiger partial charge on any atom is 0.217 e. The number of carbonyl (C=O) groups excluding carboxylic acids is 1. The number of aromatic nitrogens is 2. The van der Waals surface area contributed by atoms with Crippen molar-refractivity contribution in [2.24, 2.45) is 0 Å². The van der Waals surface area contributed by atoms with Gasteiger partial charge in [-0.05, 0) is 36.1 Å². The van der Waals surface area contributed by atoms with Crippen LogP contribution in [0.3, 0.4) is 0 Å². The number of benzene rings is 2. The molecule has 4 rings (SSSR count). The molecular weight excluding hydrogens is 350 g/mol. The first-order valence-electron chi connectivity index (χ1n) is 9.19. The Kier molecular flexibility index (Phi) is 4.33. The summed E-state index contributed by atoms with van der Waals surface area (Å²) < 4.78 is 1.90. The molecule has 1 saturated carbocycles. The quantitative estimate of drug-likeness (QED) is 0.746. The molecule has 1 aromatic heterocycles. The molecule has 0 spiro atoms. The fourth-order valence-corrected chi connectivity index (χ4v) is 3.66. The molecule has 0 bridgehead atoms. The Bertz CT molecular complexity index is 1130. The third-order valence-corrected chi connectivity index (χ3v) is 5.35. The molecular formula is C22H19N5O. The molecule has 1 N–H and O–H groups in total. The number of amides is 1. The minimum atomic E-state index is -0.329. The predicted octanol–water partition coefficient (Wildman–Crippen LogP) is 3.34. The van der Waals surface area contributed by atoms with Gasteiger partial charge in [0.15, 0.2) is 0 Å². The fourth-order valence-electron chi connectivity index (χ4n) is 3.66. The topological polar surface area (TPSA) is 94.5 Å². The Labute approximate surface area is 163 Å². The number of carbonyl (C=O) groups is 1. The molecule has 0 aliphatic heterocycles. The van der Waals surface area contributed by atoms with Crippen LogP contribution in [-0.4, -0.2) is 15.5 Å². The van der Waals surface area contributed by atoms with E-state index in [1.165, 1.54) is 6.92 Å². The van der Waals surface area contributed by atoms with E-state index in [1.807, 2.05) is 41.0 Å². The van der Waals surface area contributed by atoms with Gasteiger partial charge in [-0.15, -0.1) is 0 Å². The number of nitrogens with one attached hydrogen (secondary N) is 1. The van der Waals surface area contributed by atoms with E-state index in [1.54, 1.807) is 12.4 Å². The van der Waals surface area contributed by atoms with Gasteiger partial charge in [0.05, 0.1) is 40.5 Å². The van der Waals surface area contributed by atoms with Crippen molar-refractivity contribution >= 4 is 16.9 Å². The van der Waals surface area contributed by atoms with Gasteiger partial charge in [-0.1, -0.05) is 30.3 Å². The number of fused-ring (bicyclic) bond motifs is 1. The molecule has 3 aromatic rings. The summed E-state index contributed by atoms with van der Waals surface area (Å²) in [5.74, 6) is -0.130. The Morgan fingerprint density at radius 3 is 2.61 bits per heavy atom. The third kappa shape index (κ3) is 3.10. The highest BCUT2D eigenvalue weighted by Gasteiger charge is 2.44. The van der Waals surface area contributed by atoms with Crippen LogP contribution in [-0.2, 0) is 16.8 Å². The lowest BCUT2D eigenvalue weighted by Crippen LogP contribution is -2.29. The van der Waals surface area contributed by atoms with Gasteiger partial charge in [-0.3, -0.25) is 4.79 Å². The van der Waals surface area contributed by atoms with Crippen LogP contribution in [0.25, 0.3) is 11.0 Å². The number of imidazole rings is 1. The highest BCUT2D eigenvalue weighted by Crippen LogP contribution is 2.47. The van der Waals surface area contributed by atoms with E-state index in [0.717, 1.165) is 35.0 Å². The van der Waals surface area contributed by atoms with E-state index in [9.17, 15) is 15.3 Å². The monoisotopic (exact) mass is 369 g/mol. The Morgan fingerprint density at radius 1 is 1.25 bits per heavy atom. The standard InChI is InChI=1S/C22H19N5O/c1-15(28)26-20(16-5-7-18(8-6-16)22(13-24)9-10-22)12-27-14-25-19-4-2-3-17(11-23)21(19)27/h2-8,14,20H,9-10,12H2,1H3,(H,26,28). The lowest BCUT2D eigenvalue weighted by molar-refractivity contribution is -0.119. The summed E-state index contributed by atoms with van der Waals surface area (Å²) >= 11 is 0. The maximum absolute atomic E-state index is 11.8. The fraction of sp³-hybridized carbons (Fsp3) is 0.273. The van der Waals surface area contributed by atoms with Gasteiger partial charge in [0.1, 0.15) is 6.07 Å². The Balaban J connectivity index is 1.67. The smallest absolute Gasteiger partial charge is 0.217 e. The van der Waals surface area contributed by atoms with Crippen molar-refractivity contribution in [3.63, 3.8) is 0 Å². The van der Waals surface area contributed by atoms with Crippen molar-refractivity contribution in [1.29, 1.82) is 10.5 Å². The molecule has 28 heavy (non-hydrogen) atoms. The molecule has 1 unspecified atom stereocenters. The van der Waals surface area contributed by atoms with Crippen LogP contribution in [0.2, 0.25) is 0 Å². The van der Waals surface area contributed by atoms with E-state index < -0.39 is 0 Å². The summed E-state index contributed by atoms with van der Waals surface area (Å²) in [6.07, 6.45) is 3.50. The highest BCUT2D eigenvalue weighted by molar-refractivity contribution is 5.81. The number of nitrogens with zero attached hydrogens (tertiary/aromatic N) is 4. The van der Waals surface area contributed by atoms with Crippen molar-refractivity contribution in [2.45, 2.75) is 37.8 Å². The van der Waals surface area contributed by atoms with E-state index in [2.05, 4.69) is 22.4 Å². The van der Waals surface area contributed by atoms with Crippen LogP contribution in [0.5, 0.6) is 0 Å². The molecule has 2 aromatic carbocycles. The molecule has 1 amide bonds. The second-order valence-electron chi connectivity index (χ2n) is 7.25. The van der Waals surface area contributed by atoms with Gasteiger partial charge in [0.25, 0.3) is 0 Å². The molecule has 1 aliphatic rings. The summed E-state index contributed by atoms with van der Waals surface area (Å²) in [4.78, 5) is 16.2. The molecule has 6 heteroatoms. The maximum atomic E-state index is 11.8. The average Bonchev–Trinajstić information content (AvgIpc) is 3.41. The van der Waals surface area contributed by atoms with Crippen LogP contribution in [0, 0.1) is 22.7 Å². The molecule has 1 atom stereocenters. The lowest BCUT2D eigenvalue weighted by Gasteiger charge is -2.20. The van der Waals surface area contributed by atoms with Crippen molar-refractivity contribution in [1.82, 2.24) is 14.9 Å². The van der Waals surface area contributed by atoms with Gasteiger partial charge >= 0.3 is 0 Å². The third-order valence-electron chi connectivity index (χ3n) is 5.35. The Morgan fingerprint density at radius 2 is 2.00 bits per heavy atom. The predicted molar refractivity (Wildman–Crippen MR) is 104 cm³/mol. The minimum Gasteiger partial charge on any atom is -0.348 e. The van der Waals surface area contributed by atoms with Gasteiger partial charge < -0.3 is 9.88 Å². The highest BCUT2D eigenvalue weighted by atomic mass is 16.1. The van der Waals surface area contributed by atoms with E-state index in [-0.39, 0.29) is 17.4 Å². The van der Waals surface area contributed by atoms with Crippen LogP contribution < -0.4 is 5.32 Å². The lowest BCUT2D eigenvalue weighted by atomic mass is 9.95. The summed E-state index contributed by atoms with van der Waals surface area (Å²) in [6, 6.07) is 17.7. The molecule has 6 nitrogen and oxygen atoms in total. The number of nitriles is 2. The summed E-state index contributed by atoms with van der Waals surface area (Å²) in [5.41, 5.74) is 3.71. The molecule has 1 heterocycles. The number of para-hydroxylation sites is 1. The zero-order valence-electron chi connectivity index (χ0n) is 15.5. The van der Waals surface area contributed by atoms with Gasteiger partial charge in [0, 0.05) is 13.5 Å². The van der Waals surface area contributed by atoms with Gasteiger partial charge in [-0.25, -0.2) is 4.98 Å². The first kappa shape index (κ1) is 17.8. The molecule has 0 radical (unpaired) electrons. The van der Waals surface area contributed by atoms with Crippen LogP contribution in [0.4, 0.5) is 0 Å². The largest absolute Gasteiger partial charge is 0.348 e.